The molecule has 2 aromatic carbocycles. The maximum Gasteiger partial charge on any atom is 0.343 e. The molecule has 0 amide bonds. The zero-order valence-corrected chi connectivity index (χ0v) is 13.1. The molecule has 0 radical (unpaired) electrons. The van der Waals surface area contributed by atoms with E-state index in [1.165, 1.54) is 0 Å². The van der Waals surface area contributed by atoms with Gasteiger partial charge in [-0.15, -0.1) is 0 Å². The molecule has 0 fully saturated rings. The first-order valence-electron chi connectivity index (χ1n) is 7.52. The van der Waals surface area contributed by atoms with Gasteiger partial charge < -0.3 is 10.1 Å². The maximum absolute atomic E-state index is 12.2. The molecule has 3 aromatic rings. The van der Waals surface area contributed by atoms with Crippen molar-refractivity contribution in [3.63, 3.8) is 0 Å². The number of aromatic amines is 1. The van der Waals surface area contributed by atoms with E-state index < -0.39 is 11.5 Å². The molecule has 1 aromatic heterocycles. The number of carboxylic acids is 1. The maximum atomic E-state index is 12.2. The summed E-state index contributed by atoms with van der Waals surface area (Å²) in [6.07, 6.45) is 0.426. The van der Waals surface area contributed by atoms with Crippen LogP contribution in [0.4, 0.5) is 0 Å². The first kappa shape index (κ1) is 15.7. The van der Waals surface area contributed by atoms with Gasteiger partial charge in [-0.1, -0.05) is 60.2 Å². The average Bonchev–Trinajstić information content (AvgIpc) is 2.57. The van der Waals surface area contributed by atoms with Gasteiger partial charge in [0.25, 0.3) is 5.56 Å². The van der Waals surface area contributed by atoms with Crippen LogP contribution in [0.15, 0.2) is 59.4 Å². The van der Waals surface area contributed by atoms with Crippen molar-refractivity contribution in [1.82, 2.24) is 9.97 Å². The second kappa shape index (κ2) is 6.50. The number of aromatic nitrogens is 2. The fourth-order valence-corrected chi connectivity index (χ4v) is 2.51. The summed E-state index contributed by atoms with van der Waals surface area (Å²) in [5, 5.41) is 9.36. The standard InChI is InChI=1S/C19H16N2O3/c1-12-7-9-13(10-8-12)11-15-20-17(14-5-3-2-4-6-14)16(19(23)24)18(22)21-15/h2-10H,11H2,1H3,(H,23,24)(H,20,21,22). The summed E-state index contributed by atoms with van der Waals surface area (Å²) in [6.45, 7) is 2.00. The highest BCUT2D eigenvalue weighted by Crippen LogP contribution is 2.19. The lowest BCUT2D eigenvalue weighted by atomic mass is 10.1. The summed E-state index contributed by atoms with van der Waals surface area (Å²) in [4.78, 5) is 30.7. The average molecular weight is 320 g/mol. The van der Waals surface area contributed by atoms with E-state index in [1.54, 1.807) is 24.3 Å². The molecule has 5 nitrogen and oxygen atoms in total. The van der Waals surface area contributed by atoms with E-state index >= 15 is 0 Å². The highest BCUT2D eigenvalue weighted by atomic mass is 16.4. The Balaban J connectivity index is 2.09. The molecule has 2 N–H and O–H groups in total. The van der Waals surface area contributed by atoms with E-state index in [9.17, 15) is 14.7 Å². The number of rotatable bonds is 4. The number of nitrogens with zero attached hydrogens (tertiary/aromatic N) is 1. The van der Waals surface area contributed by atoms with E-state index in [0.29, 0.717) is 17.8 Å². The van der Waals surface area contributed by atoms with Gasteiger partial charge in [0.2, 0.25) is 0 Å². The number of H-pyrrole nitrogens is 1. The van der Waals surface area contributed by atoms with Crippen molar-refractivity contribution in [2.45, 2.75) is 13.3 Å². The minimum atomic E-state index is -1.29. The van der Waals surface area contributed by atoms with Crippen LogP contribution in [-0.4, -0.2) is 21.0 Å². The van der Waals surface area contributed by atoms with E-state index in [-0.39, 0.29) is 11.3 Å². The van der Waals surface area contributed by atoms with E-state index in [4.69, 9.17) is 0 Å². The van der Waals surface area contributed by atoms with Crippen molar-refractivity contribution in [2.75, 3.05) is 0 Å². The monoisotopic (exact) mass is 320 g/mol. The van der Waals surface area contributed by atoms with Crippen LogP contribution in [0.3, 0.4) is 0 Å². The van der Waals surface area contributed by atoms with Gasteiger partial charge in [-0.3, -0.25) is 4.79 Å². The van der Waals surface area contributed by atoms with Crippen LogP contribution in [0.25, 0.3) is 11.3 Å². The number of hydrogen-bond acceptors (Lipinski definition) is 3. The third-order valence-electron chi connectivity index (χ3n) is 3.72. The second-order valence-electron chi connectivity index (χ2n) is 5.57. The van der Waals surface area contributed by atoms with Crippen molar-refractivity contribution < 1.29 is 9.90 Å². The van der Waals surface area contributed by atoms with E-state index in [1.807, 2.05) is 37.3 Å². The summed E-state index contributed by atoms with van der Waals surface area (Å²) in [5.41, 5.74) is 1.95. The predicted octanol–water partition coefficient (Wildman–Crippen LogP) is 3.03. The Morgan fingerprint density at radius 1 is 1.08 bits per heavy atom. The lowest BCUT2D eigenvalue weighted by Gasteiger charge is -2.08. The molecule has 0 atom stereocenters. The molecule has 120 valence electrons. The van der Waals surface area contributed by atoms with Gasteiger partial charge in [-0.2, -0.15) is 0 Å². The van der Waals surface area contributed by atoms with Crippen molar-refractivity contribution in [3.05, 3.63) is 87.5 Å². The quantitative estimate of drug-likeness (QED) is 0.774. The molecular weight excluding hydrogens is 304 g/mol. The van der Waals surface area contributed by atoms with Crippen LogP contribution in [0.5, 0.6) is 0 Å². The van der Waals surface area contributed by atoms with Crippen molar-refractivity contribution in [2.24, 2.45) is 0 Å². The van der Waals surface area contributed by atoms with Gasteiger partial charge in [0.05, 0.1) is 5.69 Å². The number of hydrogen-bond donors (Lipinski definition) is 2. The fourth-order valence-electron chi connectivity index (χ4n) is 2.51. The van der Waals surface area contributed by atoms with Gasteiger partial charge in [0, 0.05) is 12.0 Å². The van der Waals surface area contributed by atoms with Gasteiger partial charge in [0.15, 0.2) is 5.56 Å². The second-order valence-corrected chi connectivity index (χ2v) is 5.57. The van der Waals surface area contributed by atoms with Gasteiger partial charge >= 0.3 is 5.97 Å². The van der Waals surface area contributed by atoms with Crippen LogP contribution in [0, 0.1) is 6.92 Å². The number of nitrogens with one attached hydrogen (secondary N) is 1. The zero-order valence-electron chi connectivity index (χ0n) is 13.1. The first-order valence-corrected chi connectivity index (χ1v) is 7.52. The van der Waals surface area contributed by atoms with Gasteiger partial charge in [0.1, 0.15) is 5.82 Å². The highest BCUT2D eigenvalue weighted by Gasteiger charge is 2.19. The molecule has 0 saturated carbocycles. The summed E-state index contributed by atoms with van der Waals surface area (Å²) < 4.78 is 0. The fraction of sp³-hybridized carbons (Fsp3) is 0.105. The predicted molar refractivity (Wildman–Crippen MR) is 91.2 cm³/mol. The van der Waals surface area contributed by atoms with Crippen molar-refractivity contribution >= 4 is 5.97 Å². The van der Waals surface area contributed by atoms with Crippen LogP contribution in [0.2, 0.25) is 0 Å². The largest absolute Gasteiger partial charge is 0.477 e. The topological polar surface area (TPSA) is 83.0 Å². The Labute approximate surface area is 138 Å². The van der Waals surface area contributed by atoms with Crippen LogP contribution in [-0.2, 0) is 6.42 Å². The lowest BCUT2D eigenvalue weighted by Crippen LogP contribution is -2.22. The molecule has 0 aliphatic heterocycles. The summed E-state index contributed by atoms with van der Waals surface area (Å²) in [5.74, 6) is -0.850. The Morgan fingerprint density at radius 3 is 2.38 bits per heavy atom. The SMILES string of the molecule is Cc1ccc(Cc2nc(-c3ccccc3)c(C(=O)O)c(=O)[nH]2)cc1. The minimum Gasteiger partial charge on any atom is -0.477 e. The molecule has 3 rings (SSSR count). The molecule has 24 heavy (non-hydrogen) atoms. The summed E-state index contributed by atoms with van der Waals surface area (Å²) in [7, 11) is 0. The smallest absolute Gasteiger partial charge is 0.343 e. The third kappa shape index (κ3) is 3.25. The first-order chi connectivity index (χ1) is 11.5. The van der Waals surface area contributed by atoms with Gasteiger partial charge in [-0.05, 0) is 12.5 Å². The van der Waals surface area contributed by atoms with Crippen LogP contribution >= 0.6 is 0 Å². The number of aryl methyl sites for hydroxylation is 1. The Kier molecular flexibility index (Phi) is 4.24. The van der Waals surface area contributed by atoms with Crippen LogP contribution < -0.4 is 5.56 Å². The normalized spacial score (nSPS) is 10.5. The van der Waals surface area contributed by atoms with Crippen molar-refractivity contribution in [1.29, 1.82) is 0 Å². The summed E-state index contributed by atoms with van der Waals surface area (Å²) >= 11 is 0. The molecule has 0 bridgehead atoms. The number of carboxylic acid groups (broad SMARTS) is 1. The van der Waals surface area contributed by atoms with E-state index in [2.05, 4.69) is 9.97 Å². The molecule has 0 aliphatic rings. The van der Waals surface area contributed by atoms with Crippen molar-refractivity contribution in [3.8, 4) is 11.3 Å². The third-order valence-corrected chi connectivity index (χ3v) is 3.72. The molecule has 0 aliphatic carbocycles. The van der Waals surface area contributed by atoms with E-state index in [0.717, 1.165) is 11.1 Å². The summed E-state index contributed by atoms with van der Waals surface area (Å²) in [6, 6.07) is 16.8. The molecular formula is C19H16N2O3. The number of aromatic carboxylic acids is 1. The molecule has 5 heteroatoms. The Morgan fingerprint density at radius 2 is 1.75 bits per heavy atom. The number of benzene rings is 2. The van der Waals surface area contributed by atoms with Gasteiger partial charge in [-0.25, -0.2) is 9.78 Å². The molecule has 1 heterocycles. The molecule has 0 spiro atoms. The Bertz CT molecular complexity index is 929. The molecule has 0 unspecified atom stereocenters. The van der Waals surface area contributed by atoms with Crippen LogP contribution in [0.1, 0.15) is 27.3 Å². The zero-order chi connectivity index (χ0) is 17.1. The molecule has 0 saturated heterocycles. The highest BCUT2D eigenvalue weighted by molar-refractivity contribution is 5.94. The lowest BCUT2D eigenvalue weighted by molar-refractivity contribution is 0.0695. The minimum absolute atomic E-state index is 0.189. The Hall–Kier alpha value is -3.21. The number of carbonyl (C=O) groups is 1.